The van der Waals surface area contributed by atoms with Gasteiger partial charge in [0.1, 0.15) is 12.4 Å². The van der Waals surface area contributed by atoms with Crippen molar-refractivity contribution in [3.63, 3.8) is 0 Å². The Morgan fingerprint density at radius 1 is 1.27 bits per heavy atom. The van der Waals surface area contributed by atoms with Crippen LogP contribution in [0.1, 0.15) is 12.8 Å². The van der Waals surface area contributed by atoms with Crippen LogP contribution in [-0.2, 0) is 0 Å². The first-order valence-corrected chi connectivity index (χ1v) is 6.05. The van der Waals surface area contributed by atoms with Gasteiger partial charge in [0.15, 0.2) is 0 Å². The molecule has 0 aliphatic heterocycles. The van der Waals surface area contributed by atoms with Crippen LogP contribution in [0.15, 0.2) is 27.1 Å². The molecule has 1 saturated carbocycles. The summed E-state index contributed by atoms with van der Waals surface area (Å²) in [6.45, 7) is 0.591. The Hall–Kier alpha value is 0.230. The van der Waals surface area contributed by atoms with Crippen molar-refractivity contribution < 1.29 is 4.74 Å². The minimum absolute atomic E-state index is 0. The zero-order valence-corrected chi connectivity index (χ0v) is 12.0. The molecule has 2 N–H and O–H groups in total. The van der Waals surface area contributed by atoms with Gasteiger partial charge in [-0.1, -0.05) is 6.07 Å². The van der Waals surface area contributed by atoms with E-state index in [0.717, 1.165) is 27.5 Å². The van der Waals surface area contributed by atoms with E-state index in [2.05, 4.69) is 31.9 Å². The molecule has 0 amide bonds. The average molecular weight is 357 g/mol. The molecule has 0 unspecified atom stereocenters. The molecule has 0 radical (unpaired) electrons. The molecule has 15 heavy (non-hydrogen) atoms. The highest BCUT2D eigenvalue weighted by molar-refractivity contribution is 9.11. The number of halogens is 3. The van der Waals surface area contributed by atoms with Crippen molar-refractivity contribution in [2.75, 3.05) is 6.61 Å². The molecule has 1 aromatic rings. The van der Waals surface area contributed by atoms with Gasteiger partial charge in [-0.15, -0.1) is 12.4 Å². The monoisotopic (exact) mass is 355 g/mol. The third kappa shape index (κ3) is 3.34. The Bertz CT molecular complexity index is 335. The van der Waals surface area contributed by atoms with Crippen molar-refractivity contribution in [3.05, 3.63) is 27.1 Å². The van der Waals surface area contributed by atoms with Gasteiger partial charge >= 0.3 is 0 Å². The van der Waals surface area contributed by atoms with E-state index in [0.29, 0.717) is 6.61 Å². The molecule has 84 valence electrons. The van der Waals surface area contributed by atoms with Gasteiger partial charge < -0.3 is 10.5 Å². The van der Waals surface area contributed by atoms with E-state index in [9.17, 15) is 0 Å². The standard InChI is InChI=1S/C10H11Br2NO.ClH/c11-7-2-1-3-8(12)9(7)14-6-10(13)4-5-10;/h1-3H,4-6,13H2;1H. The highest BCUT2D eigenvalue weighted by Crippen LogP contribution is 2.37. The van der Waals surface area contributed by atoms with Gasteiger partial charge in [-0.3, -0.25) is 0 Å². The molecule has 1 aliphatic carbocycles. The summed E-state index contributed by atoms with van der Waals surface area (Å²) in [6.07, 6.45) is 2.13. The normalized spacial score (nSPS) is 16.7. The quantitative estimate of drug-likeness (QED) is 0.899. The van der Waals surface area contributed by atoms with Crippen LogP contribution in [-0.4, -0.2) is 12.1 Å². The van der Waals surface area contributed by atoms with Crippen LogP contribution in [0.2, 0.25) is 0 Å². The van der Waals surface area contributed by atoms with Gasteiger partial charge in [-0.25, -0.2) is 0 Å². The molecule has 0 saturated heterocycles. The number of ether oxygens (including phenoxy) is 1. The second kappa shape index (κ2) is 5.04. The van der Waals surface area contributed by atoms with Crippen molar-refractivity contribution in [3.8, 4) is 5.75 Å². The maximum atomic E-state index is 5.94. The van der Waals surface area contributed by atoms with Gasteiger partial charge in [0.05, 0.1) is 14.5 Å². The van der Waals surface area contributed by atoms with E-state index in [-0.39, 0.29) is 17.9 Å². The van der Waals surface area contributed by atoms with Crippen LogP contribution in [0.3, 0.4) is 0 Å². The summed E-state index contributed by atoms with van der Waals surface area (Å²) in [7, 11) is 0. The maximum Gasteiger partial charge on any atom is 0.147 e. The molecule has 5 heteroatoms. The van der Waals surface area contributed by atoms with Crippen molar-refractivity contribution in [1.29, 1.82) is 0 Å². The molecular weight excluding hydrogens is 345 g/mol. The Kier molecular flexibility index (Phi) is 4.47. The lowest BCUT2D eigenvalue weighted by Gasteiger charge is -2.13. The fourth-order valence-electron chi connectivity index (χ4n) is 1.14. The van der Waals surface area contributed by atoms with Crippen LogP contribution in [0.4, 0.5) is 0 Å². The van der Waals surface area contributed by atoms with E-state index < -0.39 is 0 Å². The lowest BCUT2D eigenvalue weighted by molar-refractivity contribution is 0.276. The van der Waals surface area contributed by atoms with Crippen molar-refractivity contribution in [2.45, 2.75) is 18.4 Å². The first kappa shape index (κ1) is 13.3. The predicted octanol–water partition coefficient (Wildman–Crippen LogP) is 3.50. The minimum Gasteiger partial charge on any atom is -0.489 e. The molecule has 2 rings (SSSR count). The van der Waals surface area contributed by atoms with Crippen LogP contribution >= 0.6 is 44.3 Å². The number of rotatable bonds is 3. The molecular formula is C10H12Br2ClNO. The molecule has 0 bridgehead atoms. The summed E-state index contributed by atoms with van der Waals surface area (Å²) in [5.74, 6) is 0.837. The fourth-order valence-corrected chi connectivity index (χ4v) is 2.37. The lowest BCUT2D eigenvalue weighted by atomic mass is 10.3. The Balaban J connectivity index is 0.00000112. The summed E-state index contributed by atoms with van der Waals surface area (Å²) in [5.41, 5.74) is 5.86. The second-order valence-corrected chi connectivity index (χ2v) is 5.41. The molecule has 1 aliphatic rings. The van der Waals surface area contributed by atoms with E-state index in [1.165, 1.54) is 0 Å². The Morgan fingerprint density at radius 3 is 2.27 bits per heavy atom. The number of nitrogens with two attached hydrogens (primary N) is 1. The summed E-state index contributed by atoms with van der Waals surface area (Å²) < 4.78 is 7.59. The topological polar surface area (TPSA) is 35.2 Å². The van der Waals surface area contributed by atoms with E-state index >= 15 is 0 Å². The first-order valence-electron chi connectivity index (χ1n) is 4.46. The van der Waals surface area contributed by atoms with Gasteiger partial charge in [-0.05, 0) is 56.8 Å². The lowest BCUT2D eigenvalue weighted by Crippen LogP contribution is -2.29. The van der Waals surface area contributed by atoms with Gasteiger partial charge in [-0.2, -0.15) is 0 Å². The Labute approximate surface area is 112 Å². The maximum absolute atomic E-state index is 5.94. The zero-order chi connectivity index (χ0) is 10.2. The average Bonchev–Trinajstić information content (AvgIpc) is 2.83. The summed E-state index contributed by atoms with van der Waals surface area (Å²) in [6, 6.07) is 5.86. The van der Waals surface area contributed by atoms with Crippen LogP contribution in [0.25, 0.3) is 0 Å². The van der Waals surface area contributed by atoms with Crippen molar-refractivity contribution in [2.24, 2.45) is 5.73 Å². The van der Waals surface area contributed by atoms with E-state index in [1.54, 1.807) is 0 Å². The molecule has 1 fully saturated rings. The predicted molar refractivity (Wildman–Crippen MR) is 70.7 cm³/mol. The third-order valence-corrected chi connectivity index (χ3v) is 3.56. The molecule has 0 aromatic heterocycles. The molecule has 1 aromatic carbocycles. The van der Waals surface area contributed by atoms with Crippen LogP contribution in [0.5, 0.6) is 5.75 Å². The first-order chi connectivity index (χ1) is 6.61. The number of benzene rings is 1. The third-order valence-electron chi connectivity index (χ3n) is 2.32. The highest BCUT2D eigenvalue weighted by Gasteiger charge is 2.39. The fraction of sp³-hybridized carbons (Fsp3) is 0.400. The Morgan fingerprint density at radius 2 is 1.80 bits per heavy atom. The summed E-state index contributed by atoms with van der Waals surface area (Å²) >= 11 is 6.88. The van der Waals surface area contributed by atoms with Gasteiger partial charge in [0.2, 0.25) is 0 Å². The van der Waals surface area contributed by atoms with Gasteiger partial charge in [0, 0.05) is 0 Å². The molecule has 2 nitrogen and oxygen atoms in total. The van der Waals surface area contributed by atoms with E-state index in [4.69, 9.17) is 10.5 Å². The SMILES string of the molecule is Cl.NC1(COc2c(Br)cccc2Br)CC1. The zero-order valence-electron chi connectivity index (χ0n) is 8.00. The second-order valence-electron chi connectivity index (χ2n) is 3.70. The summed E-state index contributed by atoms with van der Waals surface area (Å²) in [5, 5.41) is 0. The van der Waals surface area contributed by atoms with Crippen LogP contribution in [0, 0.1) is 0 Å². The molecule has 0 atom stereocenters. The van der Waals surface area contributed by atoms with Gasteiger partial charge in [0.25, 0.3) is 0 Å². The molecule has 0 spiro atoms. The van der Waals surface area contributed by atoms with Crippen molar-refractivity contribution in [1.82, 2.24) is 0 Å². The van der Waals surface area contributed by atoms with Crippen LogP contribution < -0.4 is 10.5 Å². The highest BCUT2D eigenvalue weighted by atomic mass is 79.9. The molecule has 0 heterocycles. The number of para-hydroxylation sites is 1. The largest absolute Gasteiger partial charge is 0.489 e. The minimum atomic E-state index is -0.0747. The number of hydrogen-bond donors (Lipinski definition) is 1. The van der Waals surface area contributed by atoms with Crippen molar-refractivity contribution >= 4 is 44.3 Å². The smallest absolute Gasteiger partial charge is 0.147 e. The summed E-state index contributed by atoms with van der Waals surface area (Å²) in [4.78, 5) is 0. The van der Waals surface area contributed by atoms with E-state index in [1.807, 2.05) is 18.2 Å². The number of hydrogen-bond acceptors (Lipinski definition) is 2.